The van der Waals surface area contributed by atoms with E-state index in [-0.39, 0.29) is 28.6 Å². The fourth-order valence-electron chi connectivity index (χ4n) is 5.05. The van der Waals surface area contributed by atoms with E-state index in [1.807, 2.05) is 22.8 Å². The van der Waals surface area contributed by atoms with E-state index in [0.717, 1.165) is 16.8 Å². The molecule has 0 radical (unpaired) electrons. The van der Waals surface area contributed by atoms with Gasteiger partial charge < -0.3 is 33.8 Å². The van der Waals surface area contributed by atoms with Gasteiger partial charge in [-0.05, 0) is 47.9 Å². The number of aryl methyl sites for hydroxylation is 2. The molecule has 8 nitrogen and oxygen atoms in total. The van der Waals surface area contributed by atoms with Crippen LogP contribution in [0.25, 0.3) is 44.3 Å². The number of ether oxygens (including phenoxy) is 2. The van der Waals surface area contributed by atoms with E-state index < -0.39 is 5.63 Å². The molecule has 0 fully saturated rings. The summed E-state index contributed by atoms with van der Waals surface area (Å²) >= 11 is 0. The third kappa shape index (κ3) is 2.96. The number of phenols is 3. The maximum absolute atomic E-state index is 13.3. The summed E-state index contributed by atoms with van der Waals surface area (Å²) in [5.41, 5.74) is 4.10. The van der Waals surface area contributed by atoms with Crippen LogP contribution in [0.2, 0.25) is 0 Å². The Morgan fingerprint density at radius 3 is 2.49 bits per heavy atom. The first kappa shape index (κ1) is 21.0. The molecule has 0 spiro atoms. The maximum Gasteiger partial charge on any atom is 0.361 e. The topological polar surface area (TPSA) is 114 Å². The van der Waals surface area contributed by atoms with Gasteiger partial charge in [0, 0.05) is 34.5 Å². The van der Waals surface area contributed by atoms with E-state index in [0.29, 0.717) is 46.1 Å². The Morgan fingerprint density at radius 1 is 0.914 bits per heavy atom. The highest BCUT2D eigenvalue weighted by molar-refractivity contribution is 6.17. The lowest BCUT2D eigenvalue weighted by atomic mass is 9.92. The molecule has 8 heteroatoms. The molecule has 1 aliphatic heterocycles. The van der Waals surface area contributed by atoms with Crippen molar-refractivity contribution in [3.8, 4) is 51.1 Å². The van der Waals surface area contributed by atoms with Crippen LogP contribution in [0.5, 0.6) is 28.7 Å². The molecule has 0 amide bonds. The number of methoxy groups -OCH3 is 2. The van der Waals surface area contributed by atoms with E-state index >= 15 is 0 Å². The van der Waals surface area contributed by atoms with Gasteiger partial charge in [-0.25, -0.2) is 4.79 Å². The van der Waals surface area contributed by atoms with Crippen LogP contribution >= 0.6 is 0 Å². The predicted octanol–water partition coefficient (Wildman–Crippen LogP) is 4.77. The van der Waals surface area contributed by atoms with Crippen molar-refractivity contribution in [3.05, 3.63) is 64.5 Å². The summed E-state index contributed by atoms with van der Waals surface area (Å²) in [6.45, 7) is 0.535. The van der Waals surface area contributed by atoms with Crippen molar-refractivity contribution in [2.75, 3.05) is 14.2 Å². The number of rotatable bonds is 3. The Kier molecular flexibility index (Phi) is 4.47. The van der Waals surface area contributed by atoms with E-state index in [4.69, 9.17) is 13.9 Å². The second kappa shape index (κ2) is 7.46. The number of aromatic nitrogens is 1. The molecular weight excluding hydrogens is 450 g/mol. The van der Waals surface area contributed by atoms with E-state index in [1.165, 1.54) is 31.4 Å². The Morgan fingerprint density at radius 2 is 1.74 bits per heavy atom. The summed E-state index contributed by atoms with van der Waals surface area (Å²) in [4.78, 5) is 13.3. The Hall–Kier alpha value is -4.59. The van der Waals surface area contributed by atoms with Gasteiger partial charge in [0.05, 0.1) is 19.9 Å². The van der Waals surface area contributed by atoms with Crippen molar-refractivity contribution in [1.29, 1.82) is 0 Å². The number of benzene rings is 3. The predicted molar refractivity (Wildman–Crippen MR) is 131 cm³/mol. The first-order valence-electron chi connectivity index (χ1n) is 11.0. The van der Waals surface area contributed by atoms with E-state index in [9.17, 15) is 20.1 Å². The summed E-state index contributed by atoms with van der Waals surface area (Å²) in [5, 5.41) is 31.9. The summed E-state index contributed by atoms with van der Waals surface area (Å²) < 4.78 is 18.3. The van der Waals surface area contributed by atoms with E-state index in [2.05, 4.69) is 0 Å². The highest BCUT2D eigenvalue weighted by Gasteiger charge is 2.30. The largest absolute Gasteiger partial charge is 0.504 e. The summed E-state index contributed by atoms with van der Waals surface area (Å²) in [6, 6.07) is 13.4. The average Bonchev–Trinajstić information content (AvgIpc) is 3.22. The van der Waals surface area contributed by atoms with Gasteiger partial charge in [-0.3, -0.25) is 0 Å². The molecule has 0 atom stereocenters. The quantitative estimate of drug-likeness (QED) is 0.256. The van der Waals surface area contributed by atoms with Crippen LogP contribution in [0.3, 0.4) is 0 Å². The minimum Gasteiger partial charge on any atom is -0.504 e. The van der Waals surface area contributed by atoms with Crippen LogP contribution in [0.1, 0.15) is 5.56 Å². The Bertz CT molecular complexity index is 1730. The molecule has 3 N–H and O–H groups in total. The molecule has 5 aromatic rings. The number of aromatic hydroxyl groups is 3. The molecule has 1 aliphatic rings. The first-order chi connectivity index (χ1) is 16.9. The van der Waals surface area contributed by atoms with Crippen LogP contribution in [0.15, 0.2) is 57.7 Å². The molecule has 3 heterocycles. The zero-order valence-electron chi connectivity index (χ0n) is 19.0. The Balaban J connectivity index is 1.85. The number of hydrogen-bond acceptors (Lipinski definition) is 7. The fourth-order valence-corrected chi connectivity index (χ4v) is 5.05. The van der Waals surface area contributed by atoms with Gasteiger partial charge in [0.25, 0.3) is 0 Å². The molecule has 176 valence electrons. The molecule has 6 rings (SSSR count). The fraction of sp³-hybridized carbons (Fsp3) is 0.148. The average molecular weight is 471 g/mol. The molecule has 0 unspecified atom stereocenters. The van der Waals surface area contributed by atoms with Gasteiger partial charge in [-0.2, -0.15) is 0 Å². The third-order valence-electron chi connectivity index (χ3n) is 6.65. The highest BCUT2D eigenvalue weighted by Crippen LogP contribution is 2.48. The summed E-state index contributed by atoms with van der Waals surface area (Å²) in [7, 11) is 3.01. The van der Waals surface area contributed by atoms with Gasteiger partial charge in [0.1, 0.15) is 16.8 Å². The van der Waals surface area contributed by atoms with Crippen molar-refractivity contribution in [1.82, 2.24) is 4.57 Å². The van der Waals surface area contributed by atoms with Gasteiger partial charge in [0.2, 0.25) is 0 Å². The minimum absolute atomic E-state index is 0.0964. The third-order valence-corrected chi connectivity index (χ3v) is 6.65. The SMILES string of the molecule is COc1ccc2c(c1)-c1c(-c3ccc(O)c(O)c3)c3c4cc(O)c(OC)cc4oc(=O)c3n1CC2. The smallest absolute Gasteiger partial charge is 0.361 e. The van der Waals surface area contributed by atoms with Gasteiger partial charge >= 0.3 is 5.63 Å². The zero-order valence-corrected chi connectivity index (χ0v) is 19.0. The maximum atomic E-state index is 13.3. The lowest BCUT2D eigenvalue weighted by Crippen LogP contribution is -2.14. The van der Waals surface area contributed by atoms with Gasteiger partial charge in [-0.1, -0.05) is 12.1 Å². The minimum atomic E-state index is -0.526. The lowest BCUT2D eigenvalue weighted by molar-refractivity contribution is 0.373. The number of fused-ring (bicyclic) bond motifs is 7. The van der Waals surface area contributed by atoms with Crippen molar-refractivity contribution in [2.45, 2.75) is 13.0 Å². The molecule has 35 heavy (non-hydrogen) atoms. The summed E-state index contributed by atoms with van der Waals surface area (Å²) in [5.74, 6) is 0.221. The molecule has 2 aromatic heterocycles. The number of hydrogen-bond donors (Lipinski definition) is 3. The van der Waals surface area contributed by atoms with Crippen LogP contribution in [-0.4, -0.2) is 34.1 Å². The van der Waals surface area contributed by atoms with Gasteiger partial charge in [-0.15, -0.1) is 0 Å². The number of nitrogens with zero attached hydrogens (tertiary/aromatic N) is 1. The second-order valence-corrected chi connectivity index (χ2v) is 8.49. The molecule has 0 saturated heterocycles. The lowest BCUT2D eigenvalue weighted by Gasteiger charge is -2.22. The molecule has 0 aliphatic carbocycles. The van der Waals surface area contributed by atoms with Gasteiger partial charge in [0.15, 0.2) is 23.0 Å². The van der Waals surface area contributed by atoms with Crippen molar-refractivity contribution in [3.63, 3.8) is 0 Å². The summed E-state index contributed by atoms with van der Waals surface area (Å²) in [6.07, 6.45) is 0.696. The van der Waals surface area contributed by atoms with Crippen LogP contribution < -0.4 is 15.1 Å². The molecular formula is C27H21NO7. The van der Waals surface area contributed by atoms with Crippen molar-refractivity contribution < 1.29 is 29.2 Å². The molecule has 3 aromatic carbocycles. The zero-order chi connectivity index (χ0) is 24.4. The van der Waals surface area contributed by atoms with Crippen LogP contribution in [0, 0.1) is 0 Å². The van der Waals surface area contributed by atoms with E-state index in [1.54, 1.807) is 13.2 Å². The van der Waals surface area contributed by atoms with Crippen molar-refractivity contribution in [2.24, 2.45) is 0 Å². The first-order valence-corrected chi connectivity index (χ1v) is 11.0. The normalized spacial score (nSPS) is 12.5. The van der Waals surface area contributed by atoms with Crippen LogP contribution in [0.4, 0.5) is 0 Å². The Labute approximate surface area is 198 Å². The molecule has 0 saturated carbocycles. The molecule has 0 bridgehead atoms. The highest BCUT2D eigenvalue weighted by atomic mass is 16.5. The second-order valence-electron chi connectivity index (χ2n) is 8.49. The monoisotopic (exact) mass is 471 g/mol. The van der Waals surface area contributed by atoms with Crippen molar-refractivity contribution >= 4 is 21.9 Å². The number of phenolic OH excluding ortho intramolecular Hbond substituents is 3. The standard InChI is InChI=1S/C27H21NO7/c1-33-15-5-3-13-7-8-28-25(16(13)10-15)23(14-4-6-18(29)19(30)9-14)24-17-11-20(31)22(34-2)12-21(17)35-27(32)26(24)28/h3-6,9-12,29-31H,7-8H2,1-2H3. The van der Waals surface area contributed by atoms with Crippen LogP contribution in [-0.2, 0) is 13.0 Å².